The fourth-order valence-electron chi connectivity index (χ4n) is 3.29. The molecule has 0 aliphatic heterocycles. The van der Waals surface area contributed by atoms with Crippen LogP contribution in [0, 0.1) is 6.92 Å². The van der Waals surface area contributed by atoms with Gasteiger partial charge in [0.15, 0.2) is 0 Å². The molecule has 0 bridgehead atoms. The van der Waals surface area contributed by atoms with Crippen molar-refractivity contribution in [3.8, 4) is 0 Å². The Morgan fingerprint density at radius 2 is 2.00 bits per heavy atom. The van der Waals surface area contributed by atoms with E-state index in [0.29, 0.717) is 0 Å². The summed E-state index contributed by atoms with van der Waals surface area (Å²) in [6.45, 7) is 3.21. The molecule has 4 rings (SSSR count). The number of hydrogen-bond donors (Lipinski definition) is 1. The summed E-state index contributed by atoms with van der Waals surface area (Å²) in [6.07, 6.45) is 7.70. The Kier molecular flexibility index (Phi) is 3.32. The van der Waals surface area contributed by atoms with Crippen LogP contribution in [0.1, 0.15) is 55.2 Å². The van der Waals surface area contributed by atoms with Crippen molar-refractivity contribution in [2.45, 2.75) is 69.7 Å². The highest BCUT2D eigenvalue weighted by Gasteiger charge is 2.46. The maximum absolute atomic E-state index is 5.83. The molecule has 0 aromatic heterocycles. The molecule has 3 heteroatoms. The molecule has 3 fully saturated rings. The highest BCUT2D eigenvalue weighted by molar-refractivity contribution is 5.39. The van der Waals surface area contributed by atoms with Crippen molar-refractivity contribution in [1.82, 2.24) is 10.4 Å². The van der Waals surface area contributed by atoms with Crippen LogP contribution in [0.3, 0.4) is 0 Å². The Bertz CT molecular complexity index is 530. The van der Waals surface area contributed by atoms with Crippen molar-refractivity contribution in [3.05, 3.63) is 34.9 Å². The molecule has 0 atom stereocenters. The summed E-state index contributed by atoms with van der Waals surface area (Å²) in [5.74, 6) is 0. The van der Waals surface area contributed by atoms with Crippen LogP contribution in [0.25, 0.3) is 0 Å². The van der Waals surface area contributed by atoms with Crippen LogP contribution in [0.2, 0.25) is 0 Å². The second-order valence-electron chi connectivity index (χ2n) is 7.12. The van der Waals surface area contributed by atoms with Crippen LogP contribution in [0.5, 0.6) is 0 Å². The minimum absolute atomic E-state index is 0.0117. The van der Waals surface area contributed by atoms with Crippen molar-refractivity contribution in [1.29, 1.82) is 0 Å². The Hall–Kier alpha value is -0.900. The van der Waals surface area contributed by atoms with E-state index in [-0.39, 0.29) is 5.60 Å². The van der Waals surface area contributed by atoms with E-state index in [1.54, 1.807) is 0 Å². The number of hydrogen-bond acceptors (Lipinski definition) is 3. The van der Waals surface area contributed by atoms with Gasteiger partial charge in [0.1, 0.15) is 0 Å². The van der Waals surface area contributed by atoms with Crippen LogP contribution >= 0.6 is 0 Å². The van der Waals surface area contributed by atoms with Crippen molar-refractivity contribution in [2.75, 3.05) is 7.11 Å². The second kappa shape index (κ2) is 5.08. The summed E-state index contributed by atoms with van der Waals surface area (Å²) in [5, 5.41) is 2.50. The van der Waals surface area contributed by atoms with E-state index in [4.69, 9.17) is 4.74 Å². The molecule has 1 aromatic carbocycles. The van der Waals surface area contributed by atoms with Gasteiger partial charge in [-0.3, -0.25) is 5.43 Å². The number of nitrogens with one attached hydrogen (secondary N) is 1. The van der Waals surface area contributed by atoms with Crippen LogP contribution in [0.15, 0.2) is 18.2 Å². The first-order valence-corrected chi connectivity index (χ1v) is 8.38. The molecule has 3 aliphatic rings. The third-order valence-corrected chi connectivity index (χ3v) is 5.10. The van der Waals surface area contributed by atoms with Crippen molar-refractivity contribution in [3.63, 3.8) is 0 Å². The van der Waals surface area contributed by atoms with Gasteiger partial charge < -0.3 is 4.74 Å². The average molecular weight is 286 g/mol. The van der Waals surface area contributed by atoms with Crippen molar-refractivity contribution >= 4 is 0 Å². The number of hydrazine groups is 1. The van der Waals surface area contributed by atoms with E-state index in [1.165, 1.54) is 55.2 Å². The smallest absolute Gasteiger partial charge is 0.0933 e. The lowest BCUT2D eigenvalue weighted by molar-refractivity contribution is 0.0762. The zero-order valence-electron chi connectivity index (χ0n) is 13.2. The maximum atomic E-state index is 5.83. The average Bonchev–Trinajstić information content (AvgIpc) is 3.34. The topological polar surface area (TPSA) is 24.5 Å². The first-order valence-electron chi connectivity index (χ1n) is 8.38. The number of aryl methyl sites for hydroxylation is 1. The van der Waals surface area contributed by atoms with E-state index in [0.717, 1.165) is 18.6 Å². The number of nitrogens with zero attached hydrogens (tertiary/aromatic N) is 1. The normalized spacial score (nSPS) is 23.6. The van der Waals surface area contributed by atoms with E-state index in [9.17, 15) is 0 Å². The molecule has 0 amide bonds. The molecule has 0 unspecified atom stereocenters. The first-order chi connectivity index (χ1) is 10.2. The van der Waals surface area contributed by atoms with Crippen molar-refractivity contribution in [2.24, 2.45) is 0 Å². The van der Waals surface area contributed by atoms with E-state index in [1.807, 2.05) is 7.11 Å². The standard InChI is InChI=1S/C18H26N2O/c1-13-3-8-17(18(21-2)9-10-18)14(11-13)12-20(16-6-7-16)19-15-4-5-15/h3,8,11,15-16,19H,4-7,9-10,12H2,1-2H3. The predicted octanol–water partition coefficient (Wildman–Crippen LogP) is 3.26. The van der Waals surface area contributed by atoms with Crippen LogP contribution in [-0.2, 0) is 16.9 Å². The summed E-state index contributed by atoms with van der Waals surface area (Å²) in [5.41, 5.74) is 7.96. The van der Waals surface area contributed by atoms with Gasteiger partial charge in [-0.1, -0.05) is 23.8 Å². The Morgan fingerprint density at radius 3 is 2.57 bits per heavy atom. The molecule has 0 saturated heterocycles. The number of methoxy groups -OCH3 is 1. The number of ether oxygens (including phenoxy) is 1. The minimum Gasteiger partial charge on any atom is -0.374 e. The number of rotatable bonds is 7. The van der Waals surface area contributed by atoms with Gasteiger partial charge in [-0.2, -0.15) is 0 Å². The lowest BCUT2D eigenvalue weighted by Crippen LogP contribution is -2.41. The van der Waals surface area contributed by atoms with Crippen LogP contribution in [-0.4, -0.2) is 24.2 Å². The highest BCUT2D eigenvalue weighted by Crippen LogP contribution is 2.50. The largest absolute Gasteiger partial charge is 0.374 e. The molecule has 3 saturated carbocycles. The quantitative estimate of drug-likeness (QED) is 0.779. The Labute approximate surface area is 127 Å². The number of benzene rings is 1. The van der Waals surface area contributed by atoms with Gasteiger partial charge in [0.2, 0.25) is 0 Å². The molecule has 3 nitrogen and oxygen atoms in total. The molecule has 1 aromatic rings. The van der Waals surface area contributed by atoms with E-state index < -0.39 is 0 Å². The molecule has 0 spiro atoms. The minimum atomic E-state index is 0.0117. The molecular formula is C18H26N2O. The van der Waals surface area contributed by atoms with Gasteiger partial charge >= 0.3 is 0 Å². The summed E-state index contributed by atoms with van der Waals surface area (Å²) < 4.78 is 5.83. The molecule has 21 heavy (non-hydrogen) atoms. The molecule has 1 N–H and O–H groups in total. The monoisotopic (exact) mass is 286 g/mol. The second-order valence-corrected chi connectivity index (χ2v) is 7.12. The summed E-state index contributed by atoms with van der Waals surface area (Å²) in [6, 6.07) is 8.36. The third kappa shape index (κ3) is 2.87. The highest BCUT2D eigenvalue weighted by atomic mass is 16.5. The van der Waals surface area contributed by atoms with Gasteiger partial charge in [0, 0.05) is 25.7 Å². The predicted molar refractivity (Wildman–Crippen MR) is 83.8 cm³/mol. The van der Waals surface area contributed by atoms with Gasteiger partial charge in [-0.15, -0.1) is 0 Å². The Balaban J connectivity index is 1.58. The maximum Gasteiger partial charge on any atom is 0.0933 e. The molecular weight excluding hydrogens is 260 g/mol. The molecule has 114 valence electrons. The lowest BCUT2D eigenvalue weighted by atomic mass is 9.98. The summed E-state index contributed by atoms with van der Waals surface area (Å²) in [7, 11) is 1.86. The van der Waals surface area contributed by atoms with Gasteiger partial charge in [-0.05, 0) is 56.6 Å². The zero-order valence-corrected chi connectivity index (χ0v) is 13.2. The SMILES string of the molecule is COC1(c2ccc(C)cc2CN(NC2CC2)C2CC2)CC1. The van der Waals surface area contributed by atoms with Crippen molar-refractivity contribution < 1.29 is 4.74 Å². The van der Waals surface area contributed by atoms with E-state index in [2.05, 4.69) is 35.6 Å². The fraction of sp³-hybridized carbons (Fsp3) is 0.667. The lowest BCUT2D eigenvalue weighted by Gasteiger charge is -2.26. The summed E-state index contributed by atoms with van der Waals surface area (Å²) in [4.78, 5) is 0. The molecule has 0 radical (unpaired) electrons. The van der Waals surface area contributed by atoms with Crippen LogP contribution < -0.4 is 5.43 Å². The molecule has 3 aliphatic carbocycles. The molecule has 0 heterocycles. The van der Waals surface area contributed by atoms with Crippen LogP contribution in [0.4, 0.5) is 0 Å². The summed E-state index contributed by atoms with van der Waals surface area (Å²) >= 11 is 0. The third-order valence-electron chi connectivity index (χ3n) is 5.10. The Morgan fingerprint density at radius 1 is 1.24 bits per heavy atom. The van der Waals surface area contributed by atoms with Gasteiger partial charge in [0.25, 0.3) is 0 Å². The van der Waals surface area contributed by atoms with Gasteiger partial charge in [0.05, 0.1) is 5.60 Å². The van der Waals surface area contributed by atoms with E-state index >= 15 is 0 Å². The van der Waals surface area contributed by atoms with Gasteiger partial charge in [-0.25, -0.2) is 5.01 Å². The zero-order chi connectivity index (χ0) is 14.4. The fourth-order valence-corrected chi connectivity index (χ4v) is 3.29. The first kappa shape index (κ1) is 13.7.